The largest absolute Gasteiger partial charge is 0.355 e. The summed E-state index contributed by atoms with van der Waals surface area (Å²) in [6, 6.07) is 5.18. The third-order valence-corrected chi connectivity index (χ3v) is 3.74. The van der Waals surface area contributed by atoms with E-state index in [1.165, 1.54) is 0 Å². The third kappa shape index (κ3) is 3.36. The van der Waals surface area contributed by atoms with Gasteiger partial charge in [0.05, 0.1) is 5.41 Å². The van der Waals surface area contributed by atoms with Crippen LogP contribution in [0.25, 0.3) is 0 Å². The van der Waals surface area contributed by atoms with Crippen LogP contribution in [0.15, 0.2) is 18.2 Å². The van der Waals surface area contributed by atoms with Gasteiger partial charge >= 0.3 is 0 Å². The van der Waals surface area contributed by atoms with Crippen LogP contribution in [0.3, 0.4) is 0 Å². The van der Waals surface area contributed by atoms with Crippen LogP contribution in [0.2, 0.25) is 0 Å². The van der Waals surface area contributed by atoms with Crippen molar-refractivity contribution in [3.05, 3.63) is 29.3 Å². The zero-order valence-corrected chi connectivity index (χ0v) is 12.5. The zero-order chi connectivity index (χ0) is 15.3. The van der Waals surface area contributed by atoms with Crippen molar-refractivity contribution in [1.82, 2.24) is 5.32 Å². The van der Waals surface area contributed by atoms with E-state index < -0.39 is 5.41 Å². The Morgan fingerprint density at radius 3 is 2.45 bits per heavy atom. The van der Waals surface area contributed by atoms with Gasteiger partial charge in [-0.05, 0) is 44.0 Å². The lowest BCUT2D eigenvalue weighted by molar-refractivity contribution is -0.124. The second kappa shape index (κ2) is 6.52. The number of amides is 2. The summed E-state index contributed by atoms with van der Waals surface area (Å²) < 4.78 is 0. The molecule has 1 atom stereocenters. The molecular weight excluding hydrogens is 254 g/mol. The molecule has 0 aliphatic heterocycles. The van der Waals surface area contributed by atoms with Crippen LogP contribution in [0.1, 0.15) is 36.2 Å². The molecule has 0 aliphatic rings. The molecule has 0 radical (unpaired) electrons. The molecule has 4 N–H and O–H groups in total. The van der Waals surface area contributed by atoms with E-state index >= 15 is 0 Å². The van der Waals surface area contributed by atoms with Gasteiger partial charge in [0, 0.05) is 24.8 Å². The predicted octanol–water partition coefficient (Wildman–Crippen LogP) is 1.67. The van der Waals surface area contributed by atoms with Gasteiger partial charge in [-0.2, -0.15) is 0 Å². The Bertz CT molecular complexity index is 508. The Labute approximate surface area is 119 Å². The van der Waals surface area contributed by atoms with Crippen molar-refractivity contribution >= 4 is 17.5 Å². The van der Waals surface area contributed by atoms with Gasteiger partial charge in [-0.15, -0.1) is 0 Å². The van der Waals surface area contributed by atoms with Gasteiger partial charge in [-0.1, -0.05) is 6.92 Å². The number of carbonyl (C=O) groups is 2. The summed E-state index contributed by atoms with van der Waals surface area (Å²) in [5.74, 6) is -0.246. The fourth-order valence-corrected chi connectivity index (χ4v) is 1.76. The highest BCUT2D eigenvalue weighted by atomic mass is 16.2. The van der Waals surface area contributed by atoms with Gasteiger partial charge in [0.2, 0.25) is 5.91 Å². The quantitative estimate of drug-likeness (QED) is 0.765. The molecule has 0 spiro atoms. The topological polar surface area (TPSA) is 84.2 Å². The first-order valence-corrected chi connectivity index (χ1v) is 6.72. The first kappa shape index (κ1) is 16.2. The Morgan fingerprint density at radius 2 is 2.00 bits per heavy atom. The molecule has 1 rings (SSSR count). The van der Waals surface area contributed by atoms with Crippen LogP contribution < -0.4 is 16.4 Å². The van der Waals surface area contributed by atoms with E-state index in [1.807, 2.05) is 20.8 Å². The number of hydrogen-bond donors (Lipinski definition) is 3. The number of benzene rings is 1. The van der Waals surface area contributed by atoms with Crippen molar-refractivity contribution < 1.29 is 9.59 Å². The van der Waals surface area contributed by atoms with Crippen LogP contribution in [-0.2, 0) is 4.79 Å². The Balaban J connectivity index is 2.94. The first-order chi connectivity index (χ1) is 9.37. The van der Waals surface area contributed by atoms with Crippen LogP contribution in [0, 0.1) is 12.3 Å². The molecule has 0 aromatic heterocycles. The SMILES string of the molecule is CCC(C)(CN)C(=O)Nc1ccc(C(=O)NC)cc1C. The number of carbonyl (C=O) groups excluding carboxylic acids is 2. The molecule has 0 saturated heterocycles. The molecule has 0 saturated carbocycles. The average molecular weight is 277 g/mol. The standard InChI is InChI=1S/C15H23N3O2/c1-5-15(3,9-16)14(20)18-12-7-6-11(8-10(12)2)13(19)17-4/h6-8H,5,9,16H2,1-4H3,(H,17,19)(H,18,20). The minimum Gasteiger partial charge on any atom is -0.355 e. The highest BCUT2D eigenvalue weighted by molar-refractivity contribution is 5.98. The highest BCUT2D eigenvalue weighted by Crippen LogP contribution is 2.24. The second-order valence-corrected chi connectivity index (χ2v) is 5.18. The molecule has 2 amide bonds. The van der Waals surface area contributed by atoms with Crippen molar-refractivity contribution in [3.63, 3.8) is 0 Å². The van der Waals surface area contributed by atoms with Crippen molar-refractivity contribution in [1.29, 1.82) is 0 Å². The molecule has 1 aromatic carbocycles. The molecule has 1 aromatic rings. The Hall–Kier alpha value is -1.88. The lowest BCUT2D eigenvalue weighted by atomic mass is 9.86. The fourth-order valence-electron chi connectivity index (χ4n) is 1.76. The van der Waals surface area contributed by atoms with E-state index in [9.17, 15) is 9.59 Å². The smallest absolute Gasteiger partial charge is 0.251 e. The summed E-state index contributed by atoms with van der Waals surface area (Å²) in [7, 11) is 1.58. The van der Waals surface area contributed by atoms with E-state index in [-0.39, 0.29) is 11.8 Å². The Morgan fingerprint density at radius 1 is 1.35 bits per heavy atom. The van der Waals surface area contributed by atoms with Gasteiger partial charge in [-0.25, -0.2) is 0 Å². The van der Waals surface area contributed by atoms with Crippen LogP contribution in [0.5, 0.6) is 0 Å². The molecular formula is C15H23N3O2. The van der Waals surface area contributed by atoms with Crippen molar-refractivity contribution in [2.24, 2.45) is 11.1 Å². The summed E-state index contributed by atoms with van der Waals surface area (Å²) in [6.45, 7) is 5.93. The molecule has 0 heterocycles. The molecule has 1 unspecified atom stereocenters. The van der Waals surface area contributed by atoms with Crippen LogP contribution in [0.4, 0.5) is 5.69 Å². The van der Waals surface area contributed by atoms with Crippen molar-refractivity contribution in [3.8, 4) is 0 Å². The summed E-state index contributed by atoms with van der Waals surface area (Å²) in [6.07, 6.45) is 0.671. The van der Waals surface area contributed by atoms with E-state index in [1.54, 1.807) is 25.2 Å². The minimum atomic E-state index is -0.577. The Kier molecular flexibility index (Phi) is 5.27. The minimum absolute atomic E-state index is 0.0988. The molecule has 110 valence electrons. The molecule has 0 aliphatic carbocycles. The summed E-state index contributed by atoms with van der Waals surface area (Å²) in [5, 5.41) is 5.45. The first-order valence-electron chi connectivity index (χ1n) is 6.72. The molecule has 0 bridgehead atoms. The maximum absolute atomic E-state index is 12.3. The van der Waals surface area contributed by atoms with E-state index in [0.29, 0.717) is 24.2 Å². The maximum Gasteiger partial charge on any atom is 0.251 e. The molecule has 5 nitrogen and oxygen atoms in total. The lowest BCUT2D eigenvalue weighted by Gasteiger charge is -2.25. The van der Waals surface area contributed by atoms with E-state index in [0.717, 1.165) is 5.56 Å². The van der Waals surface area contributed by atoms with Gasteiger partial charge in [-0.3, -0.25) is 9.59 Å². The normalized spacial score (nSPS) is 13.4. The number of aryl methyl sites for hydroxylation is 1. The molecule has 5 heteroatoms. The monoisotopic (exact) mass is 277 g/mol. The average Bonchev–Trinajstić information content (AvgIpc) is 2.47. The van der Waals surface area contributed by atoms with Crippen LogP contribution in [-0.4, -0.2) is 25.4 Å². The van der Waals surface area contributed by atoms with Crippen LogP contribution >= 0.6 is 0 Å². The van der Waals surface area contributed by atoms with Crippen molar-refractivity contribution in [2.45, 2.75) is 27.2 Å². The maximum atomic E-state index is 12.3. The molecule has 0 fully saturated rings. The van der Waals surface area contributed by atoms with E-state index in [4.69, 9.17) is 5.73 Å². The summed E-state index contributed by atoms with van der Waals surface area (Å²) in [4.78, 5) is 23.8. The summed E-state index contributed by atoms with van der Waals surface area (Å²) in [5.41, 5.74) is 7.22. The zero-order valence-electron chi connectivity index (χ0n) is 12.5. The summed E-state index contributed by atoms with van der Waals surface area (Å²) >= 11 is 0. The van der Waals surface area contributed by atoms with Gasteiger partial charge in [0.25, 0.3) is 5.91 Å². The van der Waals surface area contributed by atoms with Gasteiger partial charge in [0.15, 0.2) is 0 Å². The molecule has 20 heavy (non-hydrogen) atoms. The lowest BCUT2D eigenvalue weighted by Crippen LogP contribution is -2.39. The second-order valence-electron chi connectivity index (χ2n) is 5.18. The number of nitrogens with one attached hydrogen (secondary N) is 2. The third-order valence-electron chi connectivity index (χ3n) is 3.74. The van der Waals surface area contributed by atoms with Gasteiger partial charge in [0.1, 0.15) is 0 Å². The highest BCUT2D eigenvalue weighted by Gasteiger charge is 2.29. The number of nitrogens with two attached hydrogens (primary N) is 1. The van der Waals surface area contributed by atoms with Gasteiger partial charge < -0.3 is 16.4 Å². The number of hydrogen-bond acceptors (Lipinski definition) is 3. The predicted molar refractivity (Wildman–Crippen MR) is 80.7 cm³/mol. The fraction of sp³-hybridized carbons (Fsp3) is 0.467. The van der Waals surface area contributed by atoms with E-state index in [2.05, 4.69) is 10.6 Å². The number of rotatable bonds is 5. The number of anilines is 1. The van der Waals surface area contributed by atoms with Crippen molar-refractivity contribution in [2.75, 3.05) is 18.9 Å².